The van der Waals surface area contributed by atoms with Crippen molar-refractivity contribution in [1.29, 1.82) is 0 Å². The van der Waals surface area contributed by atoms with Gasteiger partial charge in [0.2, 0.25) is 18.4 Å². The molecule has 454 valence electrons. The first-order chi connectivity index (χ1) is 39.8. The van der Waals surface area contributed by atoms with Crippen LogP contribution in [0.1, 0.15) is 130 Å². The number of rotatable bonds is 35. The summed E-state index contributed by atoms with van der Waals surface area (Å²) in [6, 6.07) is 24.2. The van der Waals surface area contributed by atoms with Crippen molar-refractivity contribution in [3.8, 4) is 11.5 Å². The van der Waals surface area contributed by atoms with Crippen LogP contribution in [0.15, 0.2) is 78.9 Å². The molecule has 5 rings (SSSR count). The molecular formula is C61H86BN4O16P. The first-order valence-corrected chi connectivity index (χ1v) is 29.9. The smallest absolute Gasteiger partial charge is 0.303 e. The van der Waals surface area contributed by atoms with E-state index in [0.29, 0.717) is 30.9 Å². The molecule has 83 heavy (non-hydrogen) atoms. The number of unbranched alkanes of at least 4 members (excludes halogenated alkanes) is 5. The van der Waals surface area contributed by atoms with Crippen molar-refractivity contribution < 1.29 is 75.7 Å². The molecule has 2 fully saturated rings. The summed E-state index contributed by atoms with van der Waals surface area (Å²) in [5.74, 6) is -1.40. The molecule has 0 aliphatic carbocycles. The molecule has 20 nitrogen and oxygen atoms in total. The van der Waals surface area contributed by atoms with Crippen molar-refractivity contribution >= 4 is 46.1 Å². The molecule has 2 unspecified atom stereocenters. The maximum absolute atomic E-state index is 12.9. The number of carbonyl (C=O) groups is 5. The monoisotopic (exact) mass is 1170 g/mol. The van der Waals surface area contributed by atoms with Crippen LogP contribution in [0.5, 0.6) is 11.5 Å². The fourth-order valence-corrected chi connectivity index (χ4v) is 12.3. The van der Waals surface area contributed by atoms with Crippen molar-refractivity contribution in [2.75, 3.05) is 53.7 Å². The van der Waals surface area contributed by atoms with Crippen molar-refractivity contribution in [3.63, 3.8) is 0 Å². The molecule has 2 N–H and O–H groups in total. The first kappa shape index (κ1) is 68.1. The lowest BCUT2D eigenvalue weighted by molar-refractivity contribution is -0.277. The second-order valence-corrected chi connectivity index (χ2v) is 22.6. The molecule has 2 aliphatic rings. The normalized spacial score (nSPS) is 21.9. The van der Waals surface area contributed by atoms with Crippen molar-refractivity contribution in [2.45, 2.75) is 180 Å². The Balaban J connectivity index is 1.19. The van der Waals surface area contributed by atoms with E-state index in [1.54, 1.807) is 14.2 Å². The molecule has 22 heteroatoms. The zero-order valence-electron chi connectivity index (χ0n) is 49.9. The lowest BCUT2D eigenvalue weighted by atomic mass is 9.79. The molecule has 2 amide bonds. The zero-order valence-corrected chi connectivity index (χ0v) is 50.8. The van der Waals surface area contributed by atoms with Crippen molar-refractivity contribution in [2.24, 2.45) is 5.92 Å². The van der Waals surface area contributed by atoms with Crippen LogP contribution in [0.4, 0.5) is 0 Å². The number of carbonyl (C=O) groups excluding carboxylic acids is 5. The summed E-state index contributed by atoms with van der Waals surface area (Å²) in [6.45, 7) is 21.5. The van der Waals surface area contributed by atoms with Gasteiger partial charge in [0.25, 0.3) is 8.53 Å². The number of ether oxygens (including phenoxy) is 9. The number of nitrogens with zero attached hydrogens (tertiary/aromatic N) is 2. The standard InChI is InChI=1S/C61H86BN4O16P/c1-40(2)66(41(3)4)83(77-37-35-63-9)82-56-51(59(62)80-53(56)39-76-61(46-22-16-15-17-23-46,47-26-30-49(72-10)31-27-47)48-28-32-50(73-11)33-29-48)24-18-13-12-14-20-34-64-54(71)25-19-21-36-74-60-55(65-42(5)67)58(79-45(8)70)57(78-44(7)69)52(81-60)38-75-43(6)68/h15-17,22-23,26-33,40-41,51-53,55-60H,12-14,18-21,24-25,34-39H2,1-8,10-11H3,(H,64,71)(H,65,67)/t51-,52+,53+,55+,56?,57-,58+,59+,60+,83?/m0/s1. The van der Waals surface area contributed by atoms with E-state index in [1.807, 2.05) is 66.7 Å². The highest BCUT2D eigenvalue weighted by molar-refractivity contribution is 7.44. The molecule has 0 bridgehead atoms. The average molecular weight is 1170 g/mol. The molecule has 0 spiro atoms. The summed E-state index contributed by atoms with van der Waals surface area (Å²) in [5.41, 5.74) is 1.54. The summed E-state index contributed by atoms with van der Waals surface area (Å²) < 4.78 is 69.4. The minimum atomic E-state index is -1.67. The maximum Gasteiger partial charge on any atom is 0.303 e. The molecule has 3 aromatic rings. The number of nitrogens with one attached hydrogen (secondary N) is 2. The van der Waals surface area contributed by atoms with E-state index in [1.165, 1.54) is 27.7 Å². The molecular weight excluding hydrogens is 1090 g/mol. The number of methoxy groups -OCH3 is 2. The van der Waals surface area contributed by atoms with Gasteiger partial charge in [-0.1, -0.05) is 80.3 Å². The van der Waals surface area contributed by atoms with Gasteiger partial charge in [0.15, 0.2) is 18.5 Å². The predicted molar refractivity (Wildman–Crippen MR) is 312 cm³/mol. The van der Waals surface area contributed by atoms with Gasteiger partial charge in [-0.25, -0.2) is 11.2 Å². The summed E-state index contributed by atoms with van der Waals surface area (Å²) >= 11 is 0. The van der Waals surface area contributed by atoms with Crippen LogP contribution in [0.2, 0.25) is 0 Å². The maximum atomic E-state index is 12.9. The summed E-state index contributed by atoms with van der Waals surface area (Å²) in [4.78, 5) is 64.7. The molecule has 2 radical (unpaired) electrons. The van der Waals surface area contributed by atoms with Gasteiger partial charge >= 0.3 is 17.9 Å². The molecule has 0 saturated carbocycles. The summed E-state index contributed by atoms with van der Waals surface area (Å²) in [7, 11) is 8.60. The van der Waals surface area contributed by atoms with Crippen LogP contribution in [0.3, 0.4) is 0 Å². The molecule has 2 saturated heterocycles. The topological polar surface area (TPSA) is 219 Å². The summed E-state index contributed by atoms with van der Waals surface area (Å²) in [5, 5.41) is 5.70. The summed E-state index contributed by atoms with van der Waals surface area (Å²) in [6.07, 6.45) is 0.440. The lowest BCUT2D eigenvalue weighted by Crippen LogP contribution is -2.66. The van der Waals surface area contributed by atoms with E-state index in [9.17, 15) is 24.0 Å². The Hall–Kier alpha value is -5.69. The Labute approximate surface area is 493 Å². The van der Waals surface area contributed by atoms with Crippen LogP contribution < -0.4 is 20.1 Å². The van der Waals surface area contributed by atoms with Gasteiger partial charge in [-0.15, -0.1) is 0 Å². The van der Waals surface area contributed by atoms with E-state index in [4.69, 9.17) is 66.1 Å². The van der Waals surface area contributed by atoms with Crippen LogP contribution in [-0.4, -0.2) is 157 Å². The third-order valence-corrected chi connectivity index (χ3v) is 16.4. The highest BCUT2D eigenvalue weighted by Gasteiger charge is 2.52. The van der Waals surface area contributed by atoms with Crippen LogP contribution in [0.25, 0.3) is 4.85 Å². The van der Waals surface area contributed by atoms with E-state index in [0.717, 1.165) is 55.2 Å². The lowest BCUT2D eigenvalue weighted by Gasteiger charge is -2.44. The highest BCUT2D eigenvalue weighted by atomic mass is 31.2. The number of hydrogen-bond donors (Lipinski definition) is 2. The highest BCUT2D eigenvalue weighted by Crippen LogP contribution is 2.51. The number of esters is 3. The SMILES string of the molecule is [B][C@@H]1O[C@H](COC(c2ccccc2)(c2ccc(OC)cc2)c2ccc(OC)cc2)C(OP(OCC[N+]#[C-])N(C(C)C)C(C)C)[C@@H]1CCCCCCCNC(=O)CCCCO[C@@H]1O[C@H](COC(C)=O)[C@H](OC(C)=O)[C@H](OC(C)=O)[C@H]1NC(C)=O. The first-order valence-electron chi connectivity index (χ1n) is 28.7. The van der Waals surface area contributed by atoms with Crippen LogP contribution >= 0.6 is 8.53 Å². The number of hydrogen-bond acceptors (Lipinski definition) is 17. The zero-order chi connectivity index (χ0) is 60.5. The van der Waals surface area contributed by atoms with Gasteiger partial charge in [0.05, 0.1) is 26.9 Å². The Morgan fingerprint density at radius 3 is 1.84 bits per heavy atom. The second kappa shape index (κ2) is 34.9. The van der Waals surface area contributed by atoms with Gasteiger partial charge < -0.3 is 67.2 Å². The van der Waals surface area contributed by atoms with Gasteiger partial charge in [-0.3, -0.25) is 24.0 Å². The molecule has 2 aliphatic heterocycles. The van der Waals surface area contributed by atoms with Gasteiger partial charge in [-0.2, -0.15) is 0 Å². The van der Waals surface area contributed by atoms with E-state index in [2.05, 4.69) is 60.0 Å². The average Bonchev–Trinajstić information content (AvgIpc) is 2.85. The van der Waals surface area contributed by atoms with Crippen molar-refractivity contribution in [3.05, 3.63) is 107 Å². The van der Waals surface area contributed by atoms with Gasteiger partial charge in [0.1, 0.15) is 56.4 Å². The predicted octanol–water partition coefficient (Wildman–Crippen LogP) is 8.49. The second-order valence-electron chi connectivity index (χ2n) is 21.2. The van der Waals surface area contributed by atoms with E-state index in [-0.39, 0.29) is 63.3 Å². The molecule has 2 heterocycles. The number of benzene rings is 3. The van der Waals surface area contributed by atoms with Crippen molar-refractivity contribution in [1.82, 2.24) is 15.3 Å². The minimum absolute atomic E-state index is 0.0694. The Bertz CT molecular complexity index is 2450. The fraction of sp³-hybridized carbons (Fsp3) is 0.607. The molecule has 3 aromatic carbocycles. The molecule has 10 atom stereocenters. The van der Waals surface area contributed by atoms with Gasteiger partial charge in [-0.05, 0) is 94.3 Å². The largest absolute Gasteiger partial charge is 0.497 e. The van der Waals surface area contributed by atoms with Gasteiger partial charge in [0, 0.05) is 71.3 Å². The van der Waals surface area contributed by atoms with Crippen LogP contribution in [-0.2, 0) is 71.8 Å². The quantitative estimate of drug-likeness (QED) is 0.0107. The number of amides is 2. The third kappa shape index (κ3) is 20.5. The van der Waals surface area contributed by atoms with Crippen LogP contribution in [0, 0.1) is 12.5 Å². The minimum Gasteiger partial charge on any atom is -0.497 e. The van der Waals surface area contributed by atoms with E-state index < -0.39 is 86.8 Å². The molecule has 0 aromatic heterocycles. The Morgan fingerprint density at radius 2 is 1.28 bits per heavy atom. The van der Waals surface area contributed by atoms with E-state index >= 15 is 0 Å². The Kier molecular flexibility index (Phi) is 28.7. The Morgan fingerprint density at radius 1 is 0.699 bits per heavy atom. The third-order valence-electron chi connectivity index (χ3n) is 14.2. The fourth-order valence-electron chi connectivity index (χ4n) is 10.5.